The first-order chi connectivity index (χ1) is 8.99. The number of hydrogen-bond acceptors (Lipinski definition) is 3. The Morgan fingerprint density at radius 3 is 2.00 bits per heavy atom. The molecule has 0 spiro atoms. The van der Waals surface area contributed by atoms with Crippen LogP contribution in [-0.2, 0) is 9.59 Å². The molecule has 0 aliphatic heterocycles. The topological polar surface area (TPSA) is 84.2 Å². The van der Waals surface area contributed by atoms with Crippen LogP contribution in [0.2, 0.25) is 0 Å². The first-order valence-electron chi connectivity index (χ1n) is 6.48. The van der Waals surface area contributed by atoms with Gasteiger partial charge in [-0.3, -0.25) is 9.59 Å². The first kappa shape index (κ1) is 13.5. The Labute approximate surface area is 112 Å². The minimum Gasteiger partial charge on any atom is -0.326 e. The molecule has 1 aliphatic rings. The van der Waals surface area contributed by atoms with E-state index in [1.54, 1.807) is 24.3 Å². The van der Waals surface area contributed by atoms with E-state index in [-0.39, 0.29) is 11.8 Å². The van der Waals surface area contributed by atoms with Crippen molar-refractivity contribution in [1.82, 2.24) is 0 Å². The molecule has 2 rings (SSSR count). The Balaban J connectivity index is 1.99. The van der Waals surface area contributed by atoms with E-state index >= 15 is 0 Å². The summed E-state index contributed by atoms with van der Waals surface area (Å²) < 4.78 is 0. The Bertz CT molecular complexity index is 476. The highest BCUT2D eigenvalue weighted by molar-refractivity contribution is 5.98. The summed E-state index contributed by atoms with van der Waals surface area (Å²) in [6.07, 6.45) is 3.49. The Morgan fingerprint density at radius 2 is 1.53 bits per heavy atom. The number of rotatable bonds is 3. The quantitative estimate of drug-likeness (QED) is 0.776. The Hall–Kier alpha value is -1.88. The van der Waals surface area contributed by atoms with Gasteiger partial charge in [0, 0.05) is 18.3 Å². The van der Waals surface area contributed by atoms with Crippen LogP contribution in [0.15, 0.2) is 24.3 Å². The lowest BCUT2D eigenvalue weighted by Gasteiger charge is -2.22. The number of nitrogens with one attached hydrogen (secondary N) is 2. The number of anilines is 2. The van der Waals surface area contributed by atoms with Gasteiger partial charge >= 0.3 is 0 Å². The third kappa shape index (κ3) is 3.32. The lowest BCUT2D eigenvalue weighted by molar-refractivity contribution is -0.121. The van der Waals surface area contributed by atoms with E-state index in [4.69, 9.17) is 5.73 Å². The molecule has 0 heterocycles. The van der Waals surface area contributed by atoms with Crippen LogP contribution >= 0.6 is 0 Å². The molecule has 1 aliphatic carbocycles. The maximum absolute atomic E-state index is 12.1. The van der Waals surface area contributed by atoms with Crippen molar-refractivity contribution in [1.29, 1.82) is 0 Å². The molecule has 0 saturated heterocycles. The largest absolute Gasteiger partial charge is 0.326 e. The minimum absolute atomic E-state index is 0.122. The second-order valence-electron chi connectivity index (χ2n) is 5.08. The highest BCUT2D eigenvalue weighted by atomic mass is 16.2. The minimum atomic E-state index is -0.726. The number of carbonyl (C=O) groups is 2. The number of carbonyl (C=O) groups excluding carboxylic acids is 2. The predicted octanol–water partition coefficient (Wildman–Crippen LogP) is 1.85. The fraction of sp³-hybridized carbons (Fsp3) is 0.429. The van der Waals surface area contributed by atoms with Crippen LogP contribution in [0.5, 0.6) is 0 Å². The van der Waals surface area contributed by atoms with Gasteiger partial charge in [-0.2, -0.15) is 0 Å². The van der Waals surface area contributed by atoms with Crippen molar-refractivity contribution in [3.63, 3.8) is 0 Å². The maximum atomic E-state index is 12.1. The third-order valence-electron chi connectivity index (χ3n) is 3.41. The molecule has 1 saturated carbocycles. The zero-order valence-corrected chi connectivity index (χ0v) is 11.0. The highest BCUT2D eigenvalue weighted by Gasteiger charge is 2.36. The summed E-state index contributed by atoms with van der Waals surface area (Å²) in [5.41, 5.74) is 6.74. The molecule has 2 amide bonds. The number of nitrogens with two attached hydrogens (primary N) is 1. The molecular weight excluding hydrogens is 242 g/mol. The van der Waals surface area contributed by atoms with Gasteiger partial charge in [-0.05, 0) is 37.1 Å². The molecule has 5 heteroatoms. The second-order valence-corrected chi connectivity index (χ2v) is 5.08. The van der Waals surface area contributed by atoms with Gasteiger partial charge in [-0.25, -0.2) is 0 Å². The van der Waals surface area contributed by atoms with Gasteiger partial charge in [0.25, 0.3) is 0 Å². The van der Waals surface area contributed by atoms with Crippen LogP contribution in [0.3, 0.4) is 0 Å². The van der Waals surface area contributed by atoms with Crippen LogP contribution in [0, 0.1) is 0 Å². The molecule has 4 N–H and O–H groups in total. The molecule has 19 heavy (non-hydrogen) atoms. The normalized spacial score (nSPS) is 16.9. The van der Waals surface area contributed by atoms with Crippen LogP contribution in [-0.4, -0.2) is 17.4 Å². The standard InChI is InChI=1S/C14H19N3O2/c1-10(18)16-11-4-6-12(7-5-11)17-13(19)14(15)8-2-3-9-14/h4-7H,2-3,8-9,15H2,1H3,(H,16,18)(H,17,19). The third-order valence-corrected chi connectivity index (χ3v) is 3.41. The van der Waals surface area contributed by atoms with E-state index in [0.29, 0.717) is 11.4 Å². The van der Waals surface area contributed by atoms with Crippen molar-refractivity contribution in [2.45, 2.75) is 38.1 Å². The van der Waals surface area contributed by atoms with Gasteiger partial charge in [-0.15, -0.1) is 0 Å². The van der Waals surface area contributed by atoms with E-state index < -0.39 is 5.54 Å². The average molecular weight is 261 g/mol. The predicted molar refractivity (Wildman–Crippen MR) is 74.8 cm³/mol. The van der Waals surface area contributed by atoms with E-state index in [2.05, 4.69) is 10.6 Å². The number of amides is 2. The lowest BCUT2D eigenvalue weighted by Crippen LogP contribution is -2.48. The maximum Gasteiger partial charge on any atom is 0.244 e. The van der Waals surface area contributed by atoms with Crippen molar-refractivity contribution in [3.8, 4) is 0 Å². The molecule has 1 aromatic carbocycles. The monoisotopic (exact) mass is 261 g/mol. The molecular formula is C14H19N3O2. The summed E-state index contributed by atoms with van der Waals surface area (Å²) in [5.74, 6) is -0.249. The fourth-order valence-corrected chi connectivity index (χ4v) is 2.33. The fourth-order valence-electron chi connectivity index (χ4n) is 2.33. The Kier molecular flexibility index (Phi) is 3.85. The molecule has 0 radical (unpaired) electrons. The van der Waals surface area contributed by atoms with Gasteiger partial charge < -0.3 is 16.4 Å². The van der Waals surface area contributed by atoms with Crippen molar-refractivity contribution < 1.29 is 9.59 Å². The van der Waals surface area contributed by atoms with E-state index in [9.17, 15) is 9.59 Å². The lowest BCUT2D eigenvalue weighted by atomic mass is 9.98. The van der Waals surface area contributed by atoms with Crippen LogP contribution in [0.1, 0.15) is 32.6 Å². The molecule has 0 atom stereocenters. The first-order valence-corrected chi connectivity index (χ1v) is 6.48. The summed E-state index contributed by atoms with van der Waals surface area (Å²) in [7, 11) is 0. The zero-order chi connectivity index (χ0) is 13.9. The van der Waals surface area contributed by atoms with Gasteiger partial charge in [0.2, 0.25) is 11.8 Å². The van der Waals surface area contributed by atoms with Gasteiger partial charge in [0.05, 0.1) is 5.54 Å². The van der Waals surface area contributed by atoms with Crippen LogP contribution in [0.25, 0.3) is 0 Å². The highest BCUT2D eigenvalue weighted by Crippen LogP contribution is 2.28. The van der Waals surface area contributed by atoms with Crippen molar-refractivity contribution in [2.75, 3.05) is 10.6 Å². The van der Waals surface area contributed by atoms with Gasteiger partial charge in [-0.1, -0.05) is 12.8 Å². The molecule has 0 unspecified atom stereocenters. The molecule has 0 bridgehead atoms. The average Bonchev–Trinajstić information content (AvgIpc) is 2.79. The molecule has 5 nitrogen and oxygen atoms in total. The summed E-state index contributed by atoms with van der Waals surface area (Å²) in [5, 5.41) is 5.50. The van der Waals surface area contributed by atoms with E-state index in [1.165, 1.54) is 6.92 Å². The molecule has 1 aromatic rings. The number of benzene rings is 1. The van der Waals surface area contributed by atoms with Crippen molar-refractivity contribution in [2.24, 2.45) is 5.73 Å². The number of hydrogen-bond donors (Lipinski definition) is 3. The van der Waals surface area contributed by atoms with Gasteiger partial charge in [0.15, 0.2) is 0 Å². The summed E-state index contributed by atoms with van der Waals surface area (Å²) >= 11 is 0. The van der Waals surface area contributed by atoms with E-state index in [1.807, 2.05) is 0 Å². The summed E-state index contributed by atoms with van der Waals surface area (Å²) in [6.45, 7) is 1.45. The van der Waals surface area contributed by atoms with E-state index in [0.717, 1.165) is 25.7 Å². The van der Waals surface area contributed by atoms with Crippen LogP contribution in [0.4, 0.5) is 11.4 Å². The zero-order valence-electron chi connectivity index (χ0n) is 11.0. The van der Waals surface area contributed by atoms with Crippen LogP contribution < -0.4 is 16.4 Å². The second kappa shape index (κ2) is 5.40. The van der Waals surface area contributed by atoms with Gasteiger partial charge in [0.1, 0.15) is 0 Å². The molecule has 102 valence electrons. The SMILES string of the molecule is CC(=O)Nc1ccc(NC(=O)C2(N)CCCC2)cc1. The molecule has 1 fully saturated rings. The molecule has 0 aromatic heterocycles. The van der Waals surface area contributed by atoms with Crippen molar-refractivity contribution in [3.05, 3.63) is 24.3 Å². The summed E-state index contributed by atoms with van der Waals surface area (Å²) in [6, 6.07) is 6.99. The van der Waals surface area contributed by atoms with Crippen molar-refractivity contribution >= 4 is 23.2 Å². The smallest absolute Gasteiger partial charge is 0.244 e. The Morgan fingerprint density at radius 1 is 1.05 bits per heavy atom. The summed E-state index contributed by atoms with van der Waals surface area (Å²) in [4.78, 5) is 23.0.